The molecular weight excluding hydrogens is 248 g/mol. The normalized spacial score (nSPS) is 25.3. The Balaban J connectivity index is 2.66. The van der Waals surface area contributed by atoms with Gasteiger partial charge in [-0.05, 0) is 38.9 Å². The average Bonchev–Trinajstić information content (AvgIpc) is 2.28. The lowest BCUT2D eigenvalue weighted by Crippen LogP contribution is -2.47. The number of rotatable bonds is 2. The van der Waals surface area contributed by atoms with E-state index in [9.17, 15) is 8.42 Å². The van der Waals surface area contributed by atoms with Gasteiger partial charge < -0.3 is 10.6 Å². The number of anilines is 1. The monoisotopic (exact) mass is 268 g/mol. The SMILES string of the molecule is CNCC1C(C)Nc2c(C)ccc(C)c2S1(=O)=O. The number of fused-ring (bicyclic) bond motifs is 1. The van der Waals surface area contributed by atoms with Gasteiger partial charge >= 0.3 is 0 Å². The van der Waals surface area contributed by atoms with Crippen LogP contribution < -0.4 is 10.6 Å². The van der Waals surface area contributed by atoms with Crippen LogP contribution >= 0.6 is 0 Å². The Bertz CT molecular complexity index is 567. The van der Waals surface area contributed by atoms with Crippen LogP contribution in [0.15, 0.2) is 17.0 Å². The minimum Gasteiger partial charge on any atom is -0.380 e. The van der Waals surface area contributed by atoms with Crippen molar-refractivity contribution >= 4 is 15.5 Å². The van der Waals surface area contributed by atoms with Crippen LogP contribution in [0.2, 0.25) is 0 Å². The van der Waals surface area contributed by atoms with Crippen LogP contribution in [0.25, 0.3) is 0 Å². The molecule has 0 saturated carbocycles. The molecule has 4 nitrogen and oxygen atoms in total. The first kappa shape index (κ1) is 13.4. The molecule has 0 fully saturated rings. The summed E-state index contributed by atoms with van der Waals surface area (Å²) in [5, 5.41) is 5.89. The summed E-state index contributed by atoms with van der Waals surface area (Å²) in [6, 6.07) is 3.75. The molecule has 2 atom stereocenters. The summed E-state index contributed by atoms with van der Waals surface area (Å²) in [4.78, 5) is 0.473. The molecule has 0 radical (unpaired) electrons. The molecule has 1 aliphatic heterocycles. The first-order valence-electron chi connectivity index (χ1n) is 6.15. The molecule has 1 aromatic carbocycles. The summed E-state index contributed by atoms with van der Waals surface area (Å²) in [7, 11) is -1.49. The van der Waals surface area contributed by atoms with Crippen LogP contribution in [-0.4, -0.2) is 33.3 Å². The predicted octanol–water partition coefficient (Wildman–Crippen LogP) is 1.48. The molecule has 1 heterocycles. The van der Waals surface area contributed by atoms with Crippen molar-refractivity contribution in [1.82, 2.24) is 5.32 Å². The van der Waals surface area contributed by atoms with Gasteiger partial charge in [-0.3, -0.25) is 0 Å². The molecule has 1 aliphatic rings. The van der Waals surface area contributed by atoms with Gasteiger partial charge in [-0.25, -0.2) is 8.42 Å². The molecule has 5 heteroatoms. The van der Waals surface area contributed by atoms with E-state index in [0.29, 0.717) is 11.4 Å². The van der Waals surface area contributed by atoms with Gasteiger partial charge in [0.15, 0.2) is 9.84 Å². The first-order valence-corrected chi connectivity index (χ1v) is 7.69. The lowest BCUT2D eigenvalue weighted by Gasteiger charge is -2.34. The van der Waals surface area contributed by atoms with E-state index in [-0.39, 0.29) is 6.04 Å². The maximum atomic E-state index is 12.7. The van der Waals surface area contributed by atoms with Crippen molar-refractivity contribution in [2.45, 2.75) is 37.0 Å². The number of sulfone groups is 1. The zero-order chi connectivity index (χ0) is 13.5. The van der Waals surface area contributed by atoms with E-state index in [1.54, 1.807) is 7.05 Å². The minimum atomic E-state index is -3.27. The predicted molar refractivity (Wildman–Crippen MR) is 73.9 cm³/mol. The third kappa shape index (κ3) is 1.91. The highest BCUT2D eigenvalue weighted by atomic mass is 32.2. The fraction of sp³-hybridized carbons (Fsp3) is 0.538. The summed E-state index contributed by atoms with van der Waals surface area (Å²) in [6.45, 7) is 6.17. The van der Waals surface area contributed by atoms with Gasteiger partial charge in [0.05, 0.1) is 15.8 Å². The molecule has 0 bridgehead atoms. The van der Waals surface area contributed by atoms with Gasteiger partial charge in [-0.2, -0.15) is 0 Å². The molecule has 1 aromatic rings. The van der Waals surface area contributed by atoms with Crippen LogP contribution in [0.3, 0.4) is 0 Å². The second kappa shape index (κ2) is 4.55. The highest BCUT2D eigenvalue weighted by Crippen LogP contribution is 2.37. The van der Waals surface area contributed by atoms with Crippen LogP contribution in [0.1, 0.15) is 18.1 Å². The summed E-state index contributed by atoms with van der Waals surface area (Å²) < 4.78 is 25.4. The van der Waals surface area contributed by atoms with Crippen molar-refractivity contribution < 1.29 is 8.42 Å². The summed E-state index contributed by atoms with van der Waals surface area (Å²) >= 11 is 0. The van der Waals surface area contributed by atoms with E-state index in [1.807, 2.05) is 32.9 Å². The van der Waals surface area contributed by atoms with Crippen molar-refractivity contribution in [3.63, 3.8) is 0 Å². The zero-order valence-electron chi connectivity index (χ0n) is 11.2. The van der Waals surface area contributed by atoms with Crippen LogP contribution in [0.5, 0.6) is 0 Å². The van der Waals surface area contributed by atoms with Crippen molar-refractivity contribution in [1.29, 1.82) is 0 Å². The van der Waals surface area contributed by atoms with E-state index in [0.717, 1.165) is 16.8 Å². The molecular formula is C13H20N2O2S. The van der Waals surface area contributed by atoms with E-state index in [4.69, 9.17) is 0 Å². The van der Waals surface area contributed by atoms with Crippen molar-refractivity contribution in [3.05, 3.63) is 23.3 Å². The van der Waals surface area contributed by atoms with E-state index >= 15 is 0 Å². The quantitative estimate of drug-likeness (QED) is 0.853. The van der Waals surface area contributed by atoms with E-state index in [1.165, 1.54) is 0 Å². The maximum absolute atomic E-state index is 12.7. The van der Waals surface area contributed by atoms with Crippen molar-refractivity contribution in [3.8, 4) is 0 Å². The molecule has 0 amide bonds. The van der Waals surface area contributed by atoms with Crippen LogP contribution in [0.4, 0.5) is 5.69 Å². The zero-order valence-corrected chi connectivity index (χ0v) is 12.1. The standard InChI is InChI=1S/C13H20N2O2S/c1-8-5-6-9(2)13-12(8)15-10(3)11(7-14-4)18(13,16)17/h5-6,10-11,14-15H,7H2,1-4H3. The molecule has 18 heavy (non-hydrogen) atoms. The fourth-order valence-electron chi connectivity index (χ4n) is 2.56. The van der Waals surface area contributed by atoms with Gasteiger partial charge in [0, 0.05) is 12.6 Å². The Kier molecular flexibility index (Phi) is 3.38. The van der Waals surface area contributed by atoms with Crippen molar-refractivity contribution in [2.75, 3.05) is 18.9 Å². The second-order valence-electron chi connectivity index (χ2n) is 4.98. The molecule has 0 spiro atoms. The van der Waals surface area contributed by atoms with Gasteiger partial charge in [0.2, 0.25) is 0 Å². The number of aryl methyl sites for hydroxylation is 2. The third-order valence-electron chi connectivity index (χ3n) is 3.58. The smallest absolute Gasteiger partial charge is 0.186 e. The highest BCUT2D eigenvalue weighted by Gasteiger charge is 2.39. The number of hydrogen-bond donors (Lipinski definition) is 2. The van der Waals surface area contributed by atoms with E-state index < -0.39 is 15.1 Å². The molecule has 0 aliphatic carbocycles. The highest BCUT2D eigenvalue weighted by molar-refractivity contribution is 7.92. The lowest BCUT2D eigenvalue weighted by atomic mass is 10.1. The lowest BCUT2D eigenvalue weighted by molar-refractivity contribution is 0.548. The minimum absolute atomic E-state index is 0.0875. The summed E-state index contributed by atoms with van der Waals surface area (Å²) in [5.74, 6) is 0. The van der Waals surface area contributed by atoms with Crippen molar-refractivity contribution in [2.24, 2.45) is 0 Å². The summed E-state index contributed by atoms with van der Waals surface area (Å²) in [5.41, 5.74) is 2.57. The van der Waals surface area contributed by atoms with Crippen LogP contribution in [0, 0.1) is 13.8 Å². The number of benzene rings is 1. The third-order valence-corrected chi connectivity index (χ3v) is 6.05. The topological polar surface area (TPSA) is 58.2 Å². The molecule has 2 rings (SSSR count). The Hall–Kier alpha value is -1.07. The van der Waals surface area contributed by atoms with Gasteiger partial charge in [0.25, 0.3) is 0 Å². The average molecular weight is 268 g/mol. The second-order valence-corrected chi connectivity index (χ2v) is 7.08. The van der Waals surface area contributed by atoms with Gasteiger partial charge in [-0.15, -0.1) is 0 Å². The molecule has 2 unspecified atom stereocenters. The Morgan fingerprint density at radius 1 is 1.28 bits per heavy atom. The summed E-state index contributed by atoms with van der Waals surface area (Å²) in [6.07, 6.45) is 0. The first-order chi connectivity index (χ1) is 8.39. The fourth-order valence-corrected chi connectivity index (χ4v) is 4.88. The Labute approximate surface area is 109 Å². The molecule has 100 valence electrons. The molecule has 2 N–H and O–H groups in total. The maximum Gasteiger partial charge on any atom is 0.186 e. The molecule has 0 aromatic heterocycles. The van der Waals surface area contributed by atoms with Crippen LogP contribution in [-0.2, 0) is 9.84 Å². The molecule has 0 saturated heterocycles. The largest absolute Gasteiger partial charge is 0.380 e. The van der Waals surface area contributed by atoms with Gasteiger partial charge in [0.1, 0.15) is 0 Å². The number of nitrogens with one attached hydrogen (secondary N) is 2. The van der Waals surface area contributed by atoms with Gasteiger partial charge in [-0.1, -0.05) is 12.1 Å². The Morgan fingerprint density at radius 2 is 1.89 bits per heavy atom. The number of hydrogen-bond acceptors (Lipinski definition) is 4. The van der Waals surface area contributed by atoms with E-state index in [2.05, 4.69) is 10.6 Å². The Morgan fingerprint density at radius 3 is 2.50 bits per heavy atom.